The Morgan fingerprint density at radius 1 is 1.20 bits per heavy atom. The van der Waals surface area contributed by atoms with Crippen LogP contribution in [0.4, 0.5) is 13.2 Å². The molecule has 0 aliphatic heterocycles. The van der Waals surface area contributed by atoms with Gasteiger partial charge in [-0.3, -0.25) is 4.68 Å². The number of hydrogen-bond acceptors (Lipinski definition) is 6. The molecule has 0 aromatic carbocycles. The second-order valence-electron chi connectivity index (χ2n) is 4.94. The van der Waals surface area contributed by atoms with E-state index in [0.717, 1.165) is 16.8 Å². The minimum absolute atomic E-state index is 0.134. The Balaban J connectivity index is 2.24. The van der Waals surface area contributed by atoms with Crippen LogP contribution >= 0.6 is 0 Å². The van der Waals surface area contributed by atoms with E-state index in [4.69, 9.17) is 5.26 Å². The summed E-state index contributed by atoms with van der Waals surface area (Å²) in [5, 5.41) is 16.8. The number of nitriles is 1. The fourth-order valence-electron chi connectivity index (χ4n) is 2.12. The van der Waals surface area contributed by atoms with Crippen molar-refractivity contribution in [3.63, 3.8) is 0 Å². The molecule has 12 heteroatoms. The van der Waals surface area contributed by atoms with Gasteiger partial charge in [0.25, 0.3) is 0 Å². The van der Waals surface area contributed by atoms with Crippen molar-refractivity contribution in [1.82, 2.24) is 19.4 Å². The molecule has 0 amide bonds. The monoisotopic (exact) mass is 371 g/mol. The maximum atomic E-state index is 12.6. The third-order valence-corrected chi connectivity index (χ3v) is 4.18. The summed E-state index contributed by atoms with van der Waals surface area (Å²) in [6.45, 7) is 0. The highest BCUT2D eigenvalue weighted by molar-refractivity contribution is 7.88. The summed E-state index contributed by atoms with van der Waals surface area (Å²) in [5.74, 6) is -0.660. The summed E-state index contributed by atoms with van der Waals surface area (Å²) in [7, 11) is -4.28. The number of halogens is 3. The first kappa shape index (κ1) is 16.8. The maximum Gasteiger partial charge on any atom is 0.534 e. The number of rotatable bonds is 3. The van der Waals surface area contributed by atoms with Crippen LogP contribution in [0.1, 0.15) is 5.56 Å². The number of alkyl halides is 3. The molecule has 8 nitrogen and oxygen atoms in total. The Morgan fingerprint density at radius 3 is 2.48 bits per heavy atom. The van der Waals surface area contributed by atoms with Crippen molar-refractivity contribution in [3.05, 3.63) is 36.4 Å². The maximum absolute atomic E-state index is 12.6. The normalized spacial score (nSPS) is 12.3. The molecule has 3 heterocycles. The Morgan fingerprint density at radius 2 is 1.92 bits per heavy atom. The molecule has 3 aromatic heterocycles. The smallest absolute Gasteiger partial charge is 0.374 e. The average molecular weight is 371 g/mol. The highest BCUT2D eigenvalue weighted by Crippen LogP contribution is 2.33. The Labute approximate surface area is 138 Å². The number of hydrogen-bond donors (Lipinski definition) is 0. The highest BCUT2D eigenvalue weighted by Gasteiger charge is 2.49. The molecule has 130 valence electrons. The van der Waals surface area contributed by atoms with E-state index in [9.17, 15) is 21.6 Å². The van der Waals surface area contributed by atoms with Gasteiger partial charge >= 0.3 is 15.6 Å². The van der Waals surface area contributed by atoms with Crippen LogP contribution in [-0.2, 0) is 17.2 Å². The minimum Gasteiger partial charge on any atom is -0.374 e. The molecule has 0 atom stereocenters. The Kier molecular flexibility index (Phi) is 3.68. The number of nitrogens with zero attached hydrogens (tertiary/aromatic N) is 5. The molecule has 3 rings (SSSR count). The SMILES string of the molecule is Cn1cc(-c2cc(OS(=O)(=O)C(F)(F)F)c3c(C#N)cnn3c2)cn1. The molecule has 0 saturated carbocycles. The third kappa shape index (κ3) is 2.89. The topological polar surface area (TPSA) is 102 Å². The van der Waals surface area contributed by atoms with Crippen LogP contribution in [0.25, 0.3) is 16.6 Å². The predicted molar refractivity (Wildman–Crippen MR) is 77.7 cm³/mol. The van der Waals surface area contributed by atoms with Crippen LogP contribution in [0.15, 0.2) is 30.9 Å². The van der Waals surface area contributed by atoms with Gasteiger partial charge in [0.15, 0.2) is 5.75 Å². The van der Waals surface area contributed by atoms with Crippen LogP contribution in [-0.4, -0.2) is 33.3 Å². The number of fused-ring (bicyclic) bond motifs is 1. The summed E-state index contributed by atoms with van der Waals surface area (Å²) < 4.78 is 67.4. The van der Waals surface area contributed by atoms with Gasteiger partial charge in [0.2, 0.25) is 0 Å². The van der Waals surface area contributed by atoms with Crippen LogP contribution in [0.5, 0.6) is 5.75 Å². The van der Waals surface area contributed by atoms with Crippen molar-refractivity contribution in [2.24, 2.45) is 7.05 Å². The molecular formula is C13H8F3N5O3S. The fraction of sp³-hybridized carbons (Fsp3) is 0.154. The van der Waals surface area contributed by atoms with Crippen molar-refractivity contribution in [1.29, 1.82) is 5.26 Å². The van der Waals surface area contributed by atoms with Crippen molar-refractivity contribution in [2.45, 2.75) is 5.51 Å². The van der Waals surface area contributed by atoms with Gasteiger partial charge in [-0.2, -0.15) is 37.0 Å². The van der Waals surface area contributed by atoms with E-state index in [1.165, 1.54) is 17.1 Å². The molecule has 0 aliphatic carbocycles. The molecule has 25 heavy (non-hydrogen) atoms. The highest BCUT2D eigenvalue weighted by atomic mass is 32.2. The largest absolute Gasteiger partial charge is 0.534 e. The fourth-order valence-corrected chi connectivity index (χ4v) is 2.58. The second-order valence-corrected chi connectivity index (χ2v) is 6.48. The standard InChI is InChI=1S/C13H8F3N5O3S/c1-20-6-10(5-18-20)8-2-11(24-25(22,23)13(14,15)16)12-9(3-17)4-19-21(12)7-8/h2,4-7H,1H3. The zero-order valence-corrected chi connectivity index (χ0v) is 13.2. The first-order valence-electron chi connectivity index (χ1n) is 6.53. The van der Waals surface area contributed by atoms with Crippen molar-refractivity contribution < 1.29 is 25.8 Å². The van der Waals surface area contributed by atoms with E-state index in [2.05, 4.69) is 14.4 Å². The number of aryl methyl sites for hydroxylation is 1. The lowest BCUT2D eigenvalue weighted by molar-refractivity contribution is -0.0499. The van der Waals surface area contributed by atoms with Crippen molar-refractivity contribution >= 4 is 15.6 Å². The quantitative estimate of drug-likeness (QED) is 0.514. The van der Waals surface area contributed by atoms with Crippen LogP contribution in [0.3, 0.4) is 0 Å². The van der Waals surface area contributed by atoms with Gasteiger partial charge in [0, 0.05) is 30.6 Å². The van der Waals surface area contributed by atoms with Gasteiger partial charge in [-0.15, -0.1) is 0 Å². The van der Waals surface area contributed by atoms with Gasteiger partial charge in [0.05, 0.1) is 12.4 Å². The van der Waals surface area contributed by atoms with Crippen LogP contribution < -0.4 is 4.18 Å². The van der Waals surface area contributed by atoms with Crippen LogP contribution in [0.2, 0.25) is 0 Å². The second kappa shape index (κ2) is 5.49. The zero-order valence-electron chi connectivity index (χ0n) is 12.4. The molecule has 0 fully saturated rings. The summed E-state index contributed by atoms with van der Waals surface area (Å²) in [5.41, 5.74) is -5.14. The average Bonchev–Trinajstić information content (AvgIpc) is 3.11. The minimum atomic E-state index is -5.91. The molecule has 3 aromatic rings. The van der Waals surface area contributed by atoms with Gasteiger partial charge in [-0.25, -0.2) is 4.52 Å². The molecule has 0 saturated heterocycles. The molecular weight excluding hydrogens is 363 g/mol. The van der Waals surface area contributed by atoms with Gasteiger partial charge in [-0.1, -0.05) is 0 Å². The van der Waals surface area contributed by atoms with Gasteiger partial charge in [0.1, 0.15) is 17.1 Å². The predicted octanol–water partition coefficient (Wildman–Crippen LogP) is 1.83. The summed E-state index contributed by atoms with van der Waals surface area (Å²) >= 11 is 0. The van der Waals surface area contributed by atoms with E-state index in [-0.39, 0.29) is 11.1 Å². The Hall–Kier alpha value is -3.07. The lowest BCUT2D eigenvalue weighted by Crippen LogP contribution is -2.28. The number of aromatic nitrogens is 4. The van der Waals surface area contributed by atoms with Gasteiger partial charge < -0.3 is 4.18 Å². The zero-order chi connectivity index (χ0) is 18.4. The van der Waals surface area contributed by atoms with E-state index < -0.39 is 21.4 Å². The lowest BCUT2D eigenvalue weighted by atomic mass is 10.1. The summed E-state index contributed by atoms with van der Waals surface area (Å²) in [6.07, 6.45) is 5.51. The van der Waals surface area contributed by atoms with E-state index in [1.54, 1.807) is 19.3 Å². The first-order chi connectivity index (χ1) is 11.6. The number of pyridine rings is 1. The first-order valence-corrected chi connectivity index (χ1v) is 7.94. The van der Waals surface area contributed by atoms with Crippen molar-refractivity contribution in [3.8, 4) is 22.9 Å². The Bertz CT molecular complexity index is 1110. The van der Waals surface area contributed by atoms with Crippen LogP contribution in [0, 0.1) is 11.3 Å². The summed E-state index contributed by atoms with van der Waals surface area (Å²) in [6, 6.07) is 2.80. The van der Waals surface area contributed by atoms with Gasteiger partial charge in [-0.05, 0) is 6.07 Å². The van der Waals surface area contributed by atoms with E-state index in [0.29, 0.717) is 11.1 Å². The molecule has 0 spiro atoms. The van der Waals surface area contributed by atoms with Crippen molar-refractivity contribution in [2.75, 3.05) is 0 Å². The third-order valence-electron chi connectivity index (χ3n) is 3.22. The lowest BCUT2D eigenvalue weighted by Gasteiger charge is -2.12. The molecule has 0 aliphatic rings. The molecule has 0 bridgehead atoms. The van der Waals surface area contributed by atoms with E-state index in [1.807, 2.05) is 0 Å². The molecule has 0 N–H and O–H groups in total. The molecule has 0 radical (unpaired) electrons. The summed E-state index contributed by atoms with van der Waals surface area (Å²) in [4.78, 5) is 0. The van der Waals surface area contributed by atoms with E-state index >= 15 is 0 Å². The molecule has 0 unspecified atom stereocenters.